The van der Waals surface area contributed by atoms with Gasteiger partial charge in [-0.2, -0.15) is 0 Å². The van der Waals surface area contributed by atoms with Crippen LogP contribution in [0.1, 0.15) is 15.9 Å². The molecule has 118 valence electrons. The maximum atomic E-state index is 11.5. The molecule has 0 unspecified atom stereocenters. The third kappa shape index (κ3) is 6.13. The van der Waals surface area contributed by atoms with Crippen LogP contribution in [0.4, 0.5) is 0 Å². The number of hydrogen-bond donors (Lipinski definition) is 0. The van der Waals surface area contributed by atoms with Gasteiger partial charge < -0.3 is 14.2 Å². The number of halogens is 1. The summed E-state index contributed by atoms with van der Waals surface area (Å²) in [6, 6.07) is 5.49. The van der Waals surface area contributed by atoms with Gasteiger partial charge in [0.15, 0.2) is 0 Å². The van der Waals surface area contributed by atoms with Gasteiger partial charge in [0.05, 0.1) is 25.9 Å². The molecule has 0 aromatic heterocycles. The van der Waals surface area contributed by atoms with E-state index in [1.807, 2.05) is 6.07 Å². The van der Waals surface area contributed by atoms with E-state index < -0.39 is 0 Å². The zero-order valence-corrected chi connectivity index (χ0v) is 14.3. The van der Waals surface area contributed by atoms with Crippen molar-refractivity contribution in [2.45, 2.75) is 6.54 Å². The highest BCUT2D eigenvalue weighted by molar-refractivity contribution is 9.10. The summed E-state index contributed by atoms with van der Waals surface area (Å²) >= 11 is 3.51. The first kappa shape index (κ1) is 18.1. The Morgan fingerprint density at radius 1 is 1.14 bits per heavy atom. The largest absolute Gasteiger partial charge is 0.465 e. The van der Waals surface area contributed by atoms with Crippen LogP contribution < -0.4 is 0 Å². The highest BCUT2D eigenvalue weighted by atomic mass is 79.9. The Hall–Kier alpha value is -0.950. The normalized spacial score (nSPS) is 10.9. The Bertz CT molecular complexity index is 445. The summed E-state index contributed by atoms with van der Waals surface area (Å²) in [5, 5.41) is 0. The second-order valence-corrected chi connectivity index (χ2v) is 5.41. The van der Waals surface area contributed by atoms with Crippen molar-refractivity contribution in [1.29, 1.82) is 0 Å². The summed E-state index contributed by atoms with van der Waals surface area (Å²) in [5.41, 5.74) is 1.64. The third-order valence-corrected chi connectivity index (χ3v) is 3.83. The molecule has 0 aliphatic carbocycles. The van der Waals surface area contributed by atoms with Gasteiger partial charge in [0.1, 0.15) is 0 Å². The summed E-state index contributed by atoms with van der Waals surface area (Å²) in [5.74, 6) is -0.335. The molecule has 0 bridgehead atoms. The van der Waals surface area contributed by atoms with Gasteiger partial charge in [-0.15, -0.1) is 0 Å². The summed E-state index contributed by atoms with van der Waals surface area (Å²) in [6.45, 7) is 3.74. The fourth-order valence-electron chi connectivity index (χ4n) is 1.87. The van der Waals surface area contributed by atoms with Crippen molar-refractivity contribution in [3.63, 3.8) is 0 Å². The van der Waals surface area contributed by atoms with Crippen LogP contribution in [0, 0.1) is 0 Å². The van der Waals surface area contributed by atoms with Gasteiger partial charge in [0.2, 0.25) is 0 Å². The van der Waals surface area contributed by atoms with Crippen molar-refractivity contribution in [3.05, 3.63) is 33.8 Å². The lowest BCUT2D eigenvalue weighted by atomic mass is 10.1. The molecule has 0 saturated carbocycles. The van der Waals surface area contributed by atoms with E-state index in [4.69, 9.17) is 14.2 Å². The Balaban J connectivity index is 2.75. The molecule has 0 saturated heterocycles. The van der Waals surface area contributed by atoms with Crippen molar-refractivity contribution in [2.75, 3.05) is 47.6 Å². The minimum atomic E-state index is -0.335. The van der Waals surface area contributed by atoms with E-state index in [9.17, 15) is 4.79 Å². The zero-order valence-electron chi connectivity index (χ0n) is 12.7. The van der Waals surface area contributed by atoms with E-state index in [1.54, 1.807) is 26.4 Å². The average Bonchev–Trinajstić information content (AvgIpc) is 2.50. The van der Waals surface area contributed by atoms with Crippen LogP contribution >= 0.6 is 15.9 Å². The van der Waals surface area contributed by atoms with E-state index in [1.165, 1.54) is 7.11 Å². The van der Waals surface area contributed by atoms with Crippen molar-refractivity contribution in [3.8, 4) is 0 Å². The fraction of sp³-hybridized carbons (Fsp3) is 0.533. The Labute approximate surface area is 134 Å². The fourth-order valence-corrected chi connectivity index (χ4v) is 2.38. The predicted octanol–water partition coefficient (Wildman–Crippen LogP) is 2.33. The molecule has 0 fully saturated rings. The van der Waals surface area contributed by atoms with Crippen LogP contribution in [0.5, 0.6) is 0 Å². The molecular formula is C15H22BrNO4. The Morgan fingerprint density at radius 3 is 2.24 bits per heavy atom. The molecule has 0 spiro atoms. The van der Waals surface area contributed by atoms with Gasteiger partial charge >= 0.3 is 5.97 Å². The molecule has 1 aromatic carbocycles. The summed E-state index contributed by atoms with van der Waals surface area (Å²) < 4.78 is 15.9. The Kier molecular flexibility index (Phi) is 8.52. The lowest BCUT2D eigenvalue weighted by Gasteiger charge is -2.22. The van der Waals surface area contributed by atoms with E-state index in [0.29, 0.717) is 18.8 Å². The summed E-state index contributed by atoms with van der Waals surface area (Å²) in [4.78, 5) is 13.7. The number of rotatable bonds is 9. The van der Waals surface area contributed by atoms with Crippen LogP contribution in [-0.2, 0) is 20.8 Å². The first-order valence-corrected chi connectivity index (χ1v) is 7.48. The van der Waals surface area contributed by atoms with Gasteiger partial charge in [-0.25, -0.2) is 4.79 Å². The predicted molar refractivity (Wildman–Crippen MR) is 84.5 cm³/mol. The Morgan fingerprint density at radius 2 is 1.76 bits per heavy atom. The third-order valence-electron chi connectivity index (χ3n) is 3.09. The topological polar surface area (TPSA) is 48.0 Å². The minimum absolute atomic E-state index is 0.335. The molecule has 21 heavy (non-hydrogen) atoms. The first-order valence-electron chi connectivity index (χ1n) is 6.69. The molecule has 0 aliphatic rings. The summed E-state index contributed by atoms with van der Waals surface area (Å²) in [6.07, 6.45) is 0. The van der Waals surface area contributed by atoms with Crippen LogP contribution in [0.15, 0.2) is 22.7 Å². The van der Waals surface area contributed by atoms with Crippen molar-refractivity contribution < 1.29 is 19.0 Å². The van der Waals surface area contributed by atoms with Crippen LogP contribution in [0.3, 0.4) is 0 Å². The van der Waals surface area contributed by atoms with Crippen molar-refractivity contribution in [2.24, 2.45) is 0 Å². The van der Waals surface area contributed by atoms with E-state index in [0.717, 1.165) is 29.7 Å². The lowest BCUT2D eigenvalue weighted by Crippen LogP contribution is -2.30. The SMILES string of the molecule is COCCN(CCOC)Cc1ccc(C(=O)OC)cc1Br. The molecule has 0 atom stereocenters. The smallest absolute Gasteiger partial charge is 0.337 e. The molecule has 1 rings (SSSR count). The molecular weight excluding hydrogens is 338 g/mol. The van der Waals surface area contributed by atoms with E-state index in [2.05, 4.69) is 20.8 Å². The molecule has 1 aromatic rings. The van der Waals surface area contributed by atoms with E-state index >= 15 is 0 Å². The highest BCUT2D eigenvalue weighted by Crippen LogP contribution is 2.21. The van der Waals surface area contributed by atoms with Crippen LogP contribution in [0.25, 0.3) is 0 Å². The van der Waals surface area contributed by atoms with Crippen LogP contribution in [0.2, 0.25) is 0 Å². The number of ether oxygens (including phenoxy) is 3. The molecule has 0 radical (unpaired) electrons. The van der Waals surface area contributed by atoms with Crippen LogP contribution in [-0.4, -0.2) is 58.5 Å². The van der Waals surface area contributed by atoms with E-state index in [-0.39, 0.29) is 5.97 Å². The second-order valence-electron chi connectivity index (χ2n) is 4.56. The minimum Gasteiger partial charge on any atom is -0.465 e. The molecule has 6 heteroatoms. The molecule has 0 heterocycles. The number of nitrogens with zero attached hydrogens (tertiary/aromatic N) is 1. The maximum Gasteiger partial charge on any atom is 0.337 e. The van der Waals surface area contributed by atoms with Gasteiger partial charge in [-0.1, -0.05) is 22.0 Å². The van der Waals surface area contributed by atoms with Gasteiger partial charge in [-0.3, -0.25) is 4.90 Å². The average molecular weight is 360 g/mol. The zero-order chi connectivity index (χ0) is 15.7. The van der Waals surface area contributed by atoms with Gasteiger partial charge in [-0.05, 0) is 17.7 Å². The number of esters is 1. The molecule has 0 N–H and O–H groups in total. The summed E-state index contributed by atoms with van der Waals surface area (Å²) in [7, 11) is 4.76. The quantitative estimate of drug-likeness (QED) is 0.633. The molecule has 0 amide bonds. The van der Waals surface area contributed by atoms with Gasteiger partial charge in [0.25, 0.3) is 0 Å². The first-order chi connectivity index (χ1) is 10.1. The van der Waals surface area contributed by atoms with Crippen molar-refractivity contribution in [1.82, 2.24) is 4.90 Å². The number of methoxy groups -OCH3 is 3. The lowest BCUT2D eigenvalue weighted by molar-refractivity contribution is 0.0600. The maximum absolute atomic E-state index is 11.5. The van der Waals surface area contributed by atoms with Crippen molar-refractivity contribution >= 4 is 21.9 Å². The monoisotopic (exact) mass is 359 g/mol. The second kappa shape index (κ2) is 9.89. The number of benzene rings is 1. The number of carbonyl (C=O) groups excluding carboxylic acids is 1. The van der Waals surface area contributed by atoms with Gasteiger partial charge in [0, 0.05) is 38.3 Å². The number of hydrogen-bond acceptors (Lipinski definition) is 5. The number of carbonyl (C=O) groups is 1. The highest BCUT2D eigenvalue weighted by Gasteiger charge is 2.11. The molecule has 0 aliphatic heterocycles. The standard InChI is InChI=1S/C15H22BrNO4/c1-19-8-6-17(7-9-20-2)11-13-5-4-12(10-14(13)16)15(18)21-3/h4-5,10H,6-9,11H2,1-3H3. The molecule has 5 nitrogen and oxygen atoms in total.